The standard InChI is InChI=1S/C22H25N3O4/c1-13-23-19-16(12-17(24-19)18(26)22(2,3)4)20(27)25(13)11-10-14-6-8-15(9-7-14)21(28)29-5/h6-9,12,27H,10-11H2,1-5H3. The molecule has 7 heteroatoms. The van der Waals surface area contributed by atoms with E-state index in [9.17, 15) is 14.7 Å². The van der Waals surface area contributed by atoms with E-state index >= 15 is 0 Å². The molecule has 1 aromatic carbocycles. The van der Waals surface area contributed by atoms with Gasteiger partial charge in [0.25, 0.3) is 0 Å². The second-order valence-corrected chi connectivity index (χ2v) is 8.03. The summed E-state index contributed by atoms with van der Waals surface area (Å²) in [6.07, 6.45) is 0.635. The first-order chi connectivity index (χ1) is 13.6. The fourth-order valence-corrected chi connectivity index (χ4v) is 3.10. The number of ether oxygens (including phenoxy) is 1. The highest BCUT2D eigenvalue weighted by Crippen LogP contribution is 2.33. The molecule has 0 atom stereocenters. The van der Waals surface area contributed by atoms with Crippen LogP contribution in [0.5, 0.6) is 5.88 Å². The van der Waals surface area contributed by atoms with Gasteiger partial charge < -0.3 is 14.4 Å². The van der Waals surface area contributed by atoms with E-state index in [2.05, 4.69) is 9.97 Å². The minimum absolute atomic E-state index is 0.0409. The average Bonchev–Trinajstić information content (AvgIpc) is 3.10. The number of carbonyl (C=O) groups excluding carboxylic acids is 2. The molecule has 7 nitrogen and oxygen atoms in total. The van der Waals surface area contributed by atoms with Crippen molar-refractivity contribution >= 4 is 11.8 Å². The Morgan fingerprint density at radius 2 is 1.79 bits per heavy atom. The third-order valence-electron chi connectivity index (χ3n) is 4.82. The molecule has 2 aliphatic heterocycles. The maximum Gasteiger partial charge on any atom is 0.337 e. The molecule has 0 fully saturated rings. The zero-order valence-electron chi connectivity index (χ0n) is 17.3. The van der Waals surface area contributed by atoms with Gasteiger partial charge in [0.05, 0.1) is 18.2 Å². The Bertz CT molecular complexity index is 1030. The van der Waals surface area contributed by atoms with E-state index in [0.717, 1.165) is 5.56 Å². The Kier molecular flexibility index (Phi) is 5.42. The molecule has 0 aliphatic carbocycles. The van der Waals surface area contributed by atoms with Crippen molar-refractivity contribution in [2.24, 2.45) is 5.41 Å². The summed E-state index contributed by atoms with van der Waals surface area (Å²) in [7, 11) is 1.35. The Morgan fingerprint density at radius 1 is 1.14 bits per heavy atom. The van der Waals surface area contributed by atoms with E-state index < -0.39 is 5.41 Å². The number of benzene rings is 1. The molecular weight excluding hydrogens is 370 g/mol. The number of methoxy groups -OCH3 is 1. The van der Waals surface area contributed by atoms with Crippen molar-refractivity contribution < 1.29 is 19.4 Å². The van der Waals surface area contributed by atoms with E-state index in [4.69, 9.17) is 4.74 Å². The van der Waals surface area contributed by atoms with Gasteiger partial charge in [-0.25, -0.2) is 14.8 Å². The molecular formula is C22H25N3O4. The van der Waals surface area contributed by atoms with Crippen LogP contribution in [0, 0.1) is 12.3 Å². The van der Waals surface area contributed by atoms with Crippen molar-refractivity contribution in [1.82, 2.24) is 14.5 Å². The largest absolute Gasteiger partial charge is 0.494 e. The van der Waals surface area contributed by atoms with Crippen molar-refractivity contribution in [3.8, 4) is 17.3 Å². The number of esters is 1. The van der Waals surface area contributed by atoms with Gasteiger partial charge in [-0.1, -0.05) is 32.9 Å². The molecule has 2 heterocycles. The number of Topliss-reactive ketones (excluding diaryl/α,β-unsaturated/α-hetero) is 1. The highest BCUT2D eigenvalue weighted by molar-refractivity contribution is 6.00. The quantitative estimate of drug-likeness (QED) is 0.523. The number of fused-ring (bicyclic) bond motifs is 1. The summed E-state index contributed by atoms with van der Waals surface area (Å²) in [5, 5.41) is 10.8. The number of hydrogen-bond acceptors (Lipinski definition) is 6. The lowest BCUT2D eigenvalue weighted by molar-refractivity contribution is 0.0600. The Labute approximate surface area is 169 Å². The van der Waals surface area contributed by atoms with Crippen molar-refractivity contribution in [1.29, 1.82) is 0 Å². The number of rotatable bonds is 5. The zero-order chi connectivity index (χ0) is 21.3. The highest BCUT2D eigenvalue weighted by atomic mass is 16.5. The molecule has 3 rings (SSSR count). The van der Waals surface area contributed by atoms with Gasteiger partial charge in [-0.15, -0.1) is 0 Å². The molecule has 29 heavy (non-hydrogen) atoms. The predicted octanol–water partition coefficient (Wildman–Crippen LogP) is 3.66. The van der Waals surface area contributed by atoms with E-state index in [0.29, 0.717) is 41.4 Å². The van der Waals surface area contributed by atoms with Gasteiger partial charge in [0, 0.05) is 12.0 Å². The summed E-state index contributed by atoms with van der Waals surface area (Å²) in [5.41, 5.74) is 1.71. The summed E-state index contributed by atoms with van der Waals surface area (Å²) in [6, 6.07) is 8.74. The van der Waals surface area contributed by atoms with Crippen LogP contribution >= 0.6 is 0 Å². The van der Waals surface area contributed by atoms with Crippen molar-refractivity contribution in [2.45, 2.75) is 40.7 Å². The molecule has 1 aromatic rings. The molecule has 0 radical (unpaired) electrons. The summed E-state index contributed by atoms with van der Waals surface area (Å²) in [4.78, 5) is 32.8. The molecule has 0 bridgehead atoms. The maximum absolute atomic E-state index is 12.5. The molecule has 2 aliphatic rings. The van der Waals surface area contributed by atoms with E-state index in [-0.39, 0.29) is 17.6 Å². The lowest BCUT2D eigenvalue weighted by Crippen LogP contribution is -2.20. The van der Waals surface area contributed by atoms with Gasteiger partial charge in [-0.3, -0.25) is 4.79 Å². The molecule has 0 saturated heterocycles. The molecule has 0 unspecified atom stereocenters. The predicted molar refractivity (Wildman–Crippen MR) is 108 cm³/mol. The van der Waals surface area contributed by atoms with Gasteiger partial charge in [-0.05, 0) is 37.1 Å². The third-order valence-corrected chi connectivity index (χ3v) is 4.82. The second kappa shape index (κ2) is 7.66. The molecule has 1 N–H and O–H groups in total. The van der Waals surface area contributed by atoms with Gasteiger partial charge in [-0.2, -0.15) is 0 Å². The van der Waals surface area contributed by atoms with Crippen LogP contribution in [0.15, 0.2) is 30.3 Å². The third kappa shape index (κ3) is 4.13. The first-order valence-corrected chi connectivity index (χ1v) is 9.40. The Morgan fingerprint density at radius 3 is 2.38 bits per heavy atom. The van der Waals surface area contributed by atoms with Crippen molar-refractivity contribution in [3.05, 3.63) is 53.0 Å². The number of ketones is 1. The van der Waals surface area contributed by atoms with Crippen LogP contribution in [0.25, 0.3) is 11.4 Å². The zero-order valence-corrected chi connectivity index (χ0v) is 17.3. The monoisotopic (exact) mass is 395 g/mol. The topological polar surface area (TPSA) is 94.3 Å². The minimum atomic E-state index is -0.561. The van der Waals surface area contributed by atoms with Gasteiger partial charge >= 0.3 is 5.97 Å². The number of aromatic hydroxyl groups is 1. The lowest BCUT2D eigenvalue weighted by Gasteiger charge is -2.15. The average molecular weight is 395 g/mol. The SMILES string of the molecule is COC(=O)c1ccc(CCn2c(C)nc3nc(C(=O)C(C)(C)C)cc-3c2O)cc1. The fourth-order valence-electron chi connectivity index (χ4n) is 3.10. The number of aryl methyl sites for hydroxylation is 2. The summed E-state index contributed by atoms with van der Waals surface area (Å²) < 4.78 is 6.40. The van der Waals surface area contributed by atoms with E-state index in [1.54, 1.807) is 29.7 Å². The van der Waals surface area contributed by atoms with Gasteiger partial charge in [0.2, 0.25) is 5.88 Å². The smallest absolute Gasteiger partial charge is 0.337 e. The van der Waals surface area contributed by atoms with Gasteiger partial charge in [0.15, 0.2) is 11.6 Å². The van der Waals surface area contributed by atoms with Crippen LogP contribution in [0.1, 0.15) is 53.0 Å². The number of aromatic nitrogens is 3. The highest BCUT2D eigenvalue weighted by Gasteiger charge is 2.28. The molecule has 0 saturated carbocycles. The lowest BCUT2D eigenvalue weighted by atomic mass is 9.89. The van der Waals surface area contributed by atoms with Crippen LogP contribution < -0.4 is 0 Å². The maximum atomic E-state index is 12.5. The van der Waals surface area contributed by atoms with Crippen LogP contribution in [-0.2, 0) is 17.7 Å². The van der Waals surface area contributed by atoms with Crippen LogP contribution in [0.4, 0.5) is 0 Å². The molecule has 0 aromatic heterocycles. The number of carbonyl (C=O) groups is 2. The first-order valence-electron chi connectivity index (χ1n) is 9.40. The molecule has 0 spiro atoms. The summed E-state index contributed by atoms with van der Waals surface area (Å²) in [6.45, 7) is 7.78. The summed E-state index contributed by atoms with van der Waals surface area (Å²) >= 11 is 0. The Balaban J connectivity index is 1.85. The number of hydrogen-bond donors (Lipinski definition) is 1. The first kappa shape index (κ1) is 20.5. The van der Waals surface area contributed by atoms with Crippen molar-refractivity contribution in [2.75, 3.05) is 7.11 Å². The van der Waals surface area contributed by atoms with Crippen LogP contribution in [0.3, 0.4) is 0 Å². The Hall–Kier alpha value is -3.22. The normalized spacial score (nSPS) is 11.6. The summed E-state index contributed by atoms with van der Waals surface area (Å²) in [5.74, 6) is 0.544. The molecule has 152 valence electrons. The van der Waals surface area contributed by atoms with E-state index in [1.807, 2.05) is 32.9 Å². The minimum Gasteiger partial charge on any atom is -0.494 e. The fraction of sp³-hybridized carbons (Fsp3) is 0.364. The van der Waals surface area contributed by atoms with Crippen LogP contribution in [0.2, 0.25) is 0 Å². The van der Waals surface area contributed by atoms with Crippen LogP contribution in [-0.4, -0.2) is 38.5 Å². The van der Waals surface area contributed by atoms with Crippen molar-refractivity contribution in [3.63, 3.8) is 0 Å². The molecule has 0 amide bonds. The second-order valence-electron chi connectivity index (χ2n) is 8.03. The van der Waals surface area contributed by atoms with E-state index in [1.165, 1.54) is 7.11 Å². The number of nitrogens with zero attached hydrogens (tertiary/aromatic N) is 3. The van der Waals surface area contributed by atoms with Gasteiger partial charge in [0.1, 0.15) is 11.5 Å².